The molecule has 1 fully saturated rings. The molecule has 1 atom stereocenters. The number of hydrogen-bond donors (Lipinski definition) is 2. The number of rotatable bonds is 6. The minimum Gasteiger partial charge on any atom is -0.377 e. The van der Waals surface area contributed by atoms with Crippen LogP contribution in [0.25, 0.3) is 0 Å². The predicted octanol–water partition coefficient (Wildman–Crippen LogP) is 2.55. The van der Waals surface area contributed by atoms with Crippen molar-refractivity contribution in [1.82, 2.24) is 5.32 Å². The van der Waals surface area contributed by atoms with Crippen molar-refractivity contribution in [3.63, 3.8) is 0 Å². The second-order valence-electron chi connectivity index (χ2n) is 5.29. The van der Waals surface area contributed by atoms with E-state index >= 15 is 0 Å². The largest absolute Gasteiger partial charge is 0.377 e. The molecule has 1 aliphatic rings. The Morgan fingerprint density at radius 2 is 2.20 bits per heavy atom. The first-order valence-electron chi connectivity index (χ1n) is 6.78. The third kappa shape index (κ3) is 3.46. The molecule has 1 saturated carbocycles. The maximum atomic E-state index is 11.6. The quantitative estimate of drug-likeness (QED) is 0.618. The van der Waals surface area contributed by atoms with Crippen molar-refractivity contribution >= 4 is 17.3 Å². The molecule has 1 aromatic rings. The molecule has 0 bridgehead atoms. The fraction of sp³-hybridized carbons (Fsp3) is 0.500. The van der Waals surface area contributed by atoms with Crippen molar-refractivity contribution in [1.29, 1.82) is 0 Å². The molecule has 0 radical (unpaired) electrons. The summed E-state index contributed by atoms with van der Waals surface area (Å²) in [7, 11) is 1.53. The summed E-state index contributed by atoms with van der Waals surface area (Å²) in [4.78, 5) is 22.2. The summed E-state index contributed by atoms with van der Waals surface area (Å²) in [5.41, 5.74) is 0.823. The van der Waals surface area contributed by atoms with E-state index in [1.54, 1.807) is 6.07 Å². The van der Waals surface area contributed by atoms with E-state index in [1.165, 1.54) is 32.0 Å². The third-order valence-corrected chi connectivity index (χ3v) is 3.47. The van der Waals surface area contributed by atoms with Crippen LogP contribution in [0.15, 0.2) is 18.2 Å². The Morgan fingerprint density at radius 3 is 2.75 bits per heavy atom. The first-order chi connectivity index (χ1) is 9.51. The van der Waals surface area contributed by atoms with Crippen LogP contribution in [-0.2, 0) is 0 Å². The first-order valence-corrected chi connectivity index (χ1v) is 6.78. The minimum absolute atomic E-state index is 0.000278. The highest BCUT2D eigenvalue weighted by Gasteiger charge is 2.25. The van der Waals surface area contributed by atoms with Crippen molar-refractivity contribution in [2.75, 3.05) is 12.4 Å². The van der Waals surface area contributed by atoms with Gasteiger partial charge in [-0.25, -0.2) is 0 Å². The molecule has 1 amide bonds. The number of nitro groups is 1. The SMILES string of the molecule is CNC(=O)c1ccc([N+](=O)[O-])c(NC(C)CC2CC2)c1. The van der Waals surface area contributed by atoms with Gasteiger partial charge in [0, 0.05) is 24.7 Å². The number of nitrogens with zero attached hydrogens (tertiary/aromatic N) is 1. The van der Waals surface area contributed by atoms with Gasteiger partial charge in [0.05, 0.1) is 4.92 Å². The van der Waals surface area contributed by atoms with E-state index in [1.807, 2.05) is 6.92 Å². The number of benzene rings is 1. The number of hydrogen-bond acceptors (Lipinski definition) is 4. The maximum absolute atomic E-state index is 11.6. The predicted molar refractivity (Wildman–Crippen MR) is 76.9 cm³/mol. The average Bonchev–Trinajstić information content (AvgIpc) is 3.21. The average molecular weight is 277 g/mol. The number of nitro benzene ring substituents is 1. The summed E-state index contributed by atoms with van der Waals surface area (Å²) in [6, 6.07) is 4.53. The van der Waals surface area contributed by atoms with Crippen molar-refractivity contribution in [2.24, 2.45) is 5.92 Å². The van der Waals surface area contributed by atoms with Crippen LogP contribution in [0.4, 0.5) is 11.4 Å². The van der Waals surface area contributed by atoms with Gasteiger partial charge in [-0.1, -0.05) is 12.8 Å². The molecule has 6 heteroatoms. The van der Waals surface area contributed by atoms with Crippen molar-refractivity contribution < 1.29 is 9.72 Å². The van der Waals surface area contributed by atoms with E-state index in [2.05, 4.69) is 10.6 Å². The molecule has 108 valence electrons. The second-order valence-corrected chi connectivity index (χ2v) is 5.29. The standard InChI is InChI=1S/C14H19N3O3/c1-9(7-10-3-4-10)16-12-8-11(14(18)15-2)5-6-13(12)17(19)20/h5-6,8-10,16H,3-4,7H2,1-2H3,(H,15,18). The summed E-state index contributed by atoms with van der Waals surface area (Å²) in [6.07, 6.45) is 3.49. The molecule has 1 unspecified atom stereocenters. The Kier molecular flexibility index (Phi) is 4.22. The van der Waals surface area contributed by atoms with E-state index in [9.17, 15) is 14.9 Å². The zero-order chi connectivity index (χ0) is 14.7. The fourth-order valence-corrected chi connectivity index (χ4v) is 2.27. The Morgan fingerprint density at radius 1 is 1.50 bits per heavy atom. The van der Waals surface area contributed by atoms with E-state index < -0.39 is 4.92 Å². The van der Waals surface area contributed by atoms with Crippen LogP contribution < -0.4 is 10.6 Å². The molecule has 0 spiro atoms. The van der Waals surface area contributed by atoms with E-state index in [0.717, 1.165) is 12.3 Å². The molecule has 0 aromatic heterocycles. The Hall–Kier alpha value is -2.11. The molecular weight excluding hydrogens is 258 g/mol. The lowest BCUT2D eigenvalue weighted by Crippen LogP contribution is -2.20. The van der Waals surface area contributed by atoms with Crippen LogP contribution in [0, 0.1) is 16.0 Å². The summed E-state index contributed by atoms with van der Waals surface area (Å²) in [5, 5.41) is 16.7. The lowest BCUT2D eigenvalue weighted by molar-refractivity contribution is -0.384. The van der Waals surface area contributed by atoms with Gasteiger partial charge in [0.2, 0.25) is 0 Å². The van der Waals surface area contributed by atoms with Crippen molar-refractivity contribution in [2.45, 2.75) is 32.2 Å². The first kappa shape index (κ1) is 14.3. The maximum Gasteiger partial charge on any atom is 0.292 e. The Labute approximate surface area is 117 Å². The molecule has 6 nitrogen and oxygen atoms in total. The highest BCUT2D eigenvalue weighted by atomic mass is 16.6. The Balaban J connectivity index is 2.21. The number of nitrogens with one attached hydrogen (secondary N) is 2. The highest BCUT2D eigenvalue weighted by molar-refractivity contribution is 5.95. The van der Waals surface area contributed by atoms with Crippen LogP contribution in [0.1, 0.15) is 36.5 Å². The normalized spacial score (nSPS) is 15.5. The van der Waals surface area contributed by atoms with E-state index in [4.69, 9.17) is 0 Å². The molecule has 0 aliphatic heterocycles. The van der Waals surface area contributed by atoms with Gasteiger partial charge in [-0.15, -0.1) is 0 Å². The number of carbonyl (C=O) groups is 1. The third-order valence-electron chi connectivity index (χ3n) is 3.47. The van der Waals surface area contributed by atoms with Gasteiger partial charge in [0.1, 0.15) is 5.69 Å². The zero-order valence-corrected chi connectivity index (χ0v) is 11.7. The van der Waals surface area contributed by atoms with Gasteiger partial charge >= 0.3 is 0 Å². The molecular formula is C14H19N3O3. The molecule has 1 aromatic carbocycles. The Bertz CT molecular complexity index is 526. The molecule has 0 heterocycles. The van der Waals surface area contributed by atoms with Crippen molar-refractivity contribution in [3.8, 4) is 0 Å². The van der Waals surface area contributed by atoms with Crippen LogP contribution in [0.3, 0.4) is 0 Å². The zero-order valence-electron chi connectivity index (χ0n) is 11.7. The number of carbonyl (C=O) groups excluding carboxylic acids is 1. The summed E-state index contributed by atoms with van der Waals surface area (Å²) >= 11 is 0. The van der Waals surface area contributed by atoms with Gasteiger partial charge in [-0.2, -0.15) is 0 Å². The summed E-state index contributed by atoms with van der Waals surface area (Å²) in [6.45, 7) is 2.01. The summed E-state index contributed by atoms with van der Waals surface area (Å²) < 4.78 is 0. The molecule has 0 saturated heterocycles. The monoisotopic (exact) mass is 277 g/mol. The van der Waals surface area contributed by atoms with Gasteiger partial charge in [0.25, 0.3) is 11.6 Å². The lowest BCUT2D eigenvalue weighted by Gasteiger charge is -2.15. The number of anilines is 1. The fourth-order valence-electron chi connectivity index (χ4n) is 2.27. The molecule has 2 rings (SSSR count). The van der Waals surface area contributed by atoms with Gasteiger partial charge in [-0.05, 0) is 31.4 Å². The van der Waals surface area contributed by atoms with Gasteiger partial charge < -0.3 is 10.6 Å². The van der Waals surface area contributed by atoms with Crippen LogP contribution >= 0.6 is 0 Å². The van der Waals surface area contributed by atoms with Crippen LogP contribution in [0.2, 0.25) is 0 Å². The highest BCUT2D eigenvalue weighted by Crippen LogP contribution is 2.35. The van der Waals surface area contributed by atoms with Gasteiger partial charge in [0.15, 0.2) is 0 Å². The lowest BCUT2D eigenvalue weighted by atomic mass is 10.1. The smallest absolute Gasteiger partial charge is 0.292 e. The van der Waals surface area contributed by atoms with Crippen molar-refractivity contribution in [3.05, 3.63) is 33.9 Å². The topological polar surface area (TPSA) is 84.3 Å². The van der Waals surface area contributed by atoms with Gasteiger partial charge in [-0.3, -0.25) is 14.9 Å². The molecule has 20 heavy (non-hydrogen) atoms. The summed E-state index contributed by atoms with van der Waals surface area (Å²) in [5.74, 6) is 0.483. The van der Waals surface area contributed by atoms with E-state index in [-0.39, 0.29) is 17.6 Å². The molecule has 1 aliphatic carbocycles. The van der Waals surface area contributed by atoms with E-state index in [0.29, 0.717) is 11.3 Å². The second kappa shape index (κ2) is 5.90. The minimum atomic E-state index is -0.431. The number of amides is 1. The molecule has 2 N–H and O–H groups in total. The van der Waals surface area contributed by atoms with Crippen LogP contribution in [-0.4, -0.2) is 23.9 Å². The van der Waals surface area contributed by atoms with Crippen LogP contribution in [0.5, 0.6) is 0 Å².